The summed E-state index contributed by atoms with van der Waals surface area (Å²) in [6.45, 7) is 8.18. The van der Waals surface area contributed by atoms with Gasteiger partial charge in [-0.2, -0.15) is 0 Å². The van der Waals surface area contributed by atoms with Gasteiger partial charge in [0.05, 0.1) is 6.54 Å². The number of nitrogens with one attached hydrogen (secondary N) is 1. The van der Waals surface area contributed by atoms with Crippen LogP contribution < -0.4 is 10.2 Å². The van der Waals surface area contributed by atoms with Crippen LogP contribution in [0.2, 0.25) is 0 Å². The van der Waals surface area contributed by atoms with E-state index in [0.717, 1.165) is 51.5 Å². The fourth-order valence-corrected chi connectivity index (χ4v) is 4.73. The maximum atomic E-state index is 9.34. The van der Waals surface area contributed by atoms with Crippen molar-refractivity contribution in [3.05, 3.63) is 65.7 Å². The first-order valence-electron chi connectivity index (χ1n) is 11.8. The van der Waals surface area contributed by atoms with Gasteiger partial charge < -0.3 is 20.2 Å². The number of nitrogens with zero attached hydrogens (tertiary/aromatic N) is 3. The van der Waals surface area contributed by atoms with Gasteiger partial charge in [0.25, 0.3) is 0 Å². The molecule has 4 rings (SSSR count). The zero-order chi connectivity index (χ0) is 21.5. The summed E-state index contributed by atoms with van der Waals surface area (Å²) in [5.74, 6) is 2.08. The van der Waals surface area contributed by atoms with E-state index < -0.39 is 0 Å². The minimum Gasteiger partial charge on any atom is -0.396 e. The van der Waals surface area contributed by atoms with Crippen molar-refractivity contribution in [1.82, 2.24) is 10.2 Å². The summed E-state index contributed by atoms with van der Waals surface area (Å²) in [6.07, 6.45) is 3.33. The number of rotatable bonds is 6. The lowest BCUT2D eigenvalue weighted by atomic mass is 9.97. The van der Waals surface area contributed by atoms with E-state index in [4.69, 9.17) is 4.99 Å². The maximum Gasteiger partial charge on any atom is 0.194 e. The second-order valence-corrected chi connectivity index (χ2v) is 8.79. The number of guanidine groups is 1. The summed E-state index contributed by atoms with van der Waals surface area (Å²) in [4.78, 5) is 9.78. The van der Waals surface area contributed by atoms with Crippen molar-refractivity contribution < 1.29 is 5.11 Å². The Labute approximate surface area is 186 Å². The van der Waals surface area contributed by atoms with Gasteiger partial charge in [-0.15, -0.1) is 0 Å². The van der Waals surface area contributed by atoms with E-state index in [9.17, 15) is 5.11 Å². The molecular formula is C26H36N4O. The van der Waals surface area contributed by atoms with Crippen LogP contribution in [0.15, 0.2) is 59.6 Å². The molecule has 2 aliphatic rings. The molecule has 5 heteroatoms. The Kier molecular flexibility index (Phi) is 7.47. The van der Waals surface area contributed by atoms with Crippen LogP contribution in [0, 0.1) is 5.92 Å². The number of piperidine rings is 1. The number of hydrogen-bond donors (Lipinski definition) is 2. The van der Waals surface area contributed by atoms with E-state index in [1.807, 2.05) is 0 Å². The summed E-state index contributed by atoms with van der Waals surface area (Å²) in [5.41, 5.74) is 3.95. The number of hydrogen-bond acceptors (Lipinski definition) is 3. The van der Waals surface area contributed by atoms with Crippen LogP contribution in [0.4, 0.5) is 5.69 Å². The fraction of sp³-hybridized carbons (Fsp3) is 0.500. The third kappa shape index (κ3) is 5.59. The zero-order valence-electron chi connectivity index (χ0n) is 18.7. The molecule has 0 amide bonds. The van der Waals surface area contributed by atoms with Crippen LogP contribution in [-0.4, -0.2) is 55.3 Å². The summed E-state index contributed by atoms with van der Waals surface area (Å²) < 4.78 is 0. The van der Waals surface area contributed by atoms with E-state index in [-0.39, 0.29) is 0 Å². The van der Waals surface area contributed by atoms with Gasteiger partial charge in [-0.3, -0.25) is 0 Å². The van der Waals surface area contributed by atoms with E-state index in [1.54, 1.807) is 0 Å². The maximum absolute atomic E-state index is 9.34. The third-order valence-electron chi connectivity index (χ3n) is 6.68. The Morgan fingerprint density at radius 2 is 1.74 bits per heavy atom. The van der Waals surface area contributed by atoms with Gasteiger partial charge in [-0.05, 0) is 55.4 Å². The van der Waals surface area contributed by atoms with Gasteiger partial charge in [0.15, 0.2) is 5.96 Å². The van der Waals surface area contributed by atoms with Crippen LogP contribution >= 0.6 is 0 Å². The lowest BCUT2D eigenvalue weighted by molar-refractivity contribution is 0.203. The normalized spacial score (nSPS) is 20.3. The van der Waals surface area contributed by atoms with Crippen molar-refractivity contribution >= 4 is 11.6 Å². The largest absolute Gasteiger partial charge is 0.396 e. The highest BCUT2D eigenvalue weighted by atomic mass is 16.3. The van der Waals surface area contributed by atoms with Crippen molar-refractivity contribution in [1.29, 1.82) is 0 Å². The minimum absolute atomic E-state index is 0.321. The summed E-state index contributed by atoms with van der Waals surface area (Å²) in [6, 6.07) is 19.7. The number of aliphatic imine (C=N–C) groups is 1. The van der Waals surface area contributed by atoms with E-state index in [1.165, 1.54) is 23.2 Å². The average Bonchev–Trinajstić information content (AvgIpc) is 3.33. The topological polar surface area (TPSA) is 51.1 Å². The quantitative estimate of drug-likeness (QED) is 0.551. The molecule has 2 aliphatic heterocycles. The first kappa shape index (κ1) is 21.7. The van der Waals surface area contributed by atoms with Gasteiger partial charge in [-0.25, -0.2) is 4.99 Å². The Hall–Kier alpha value is -2.53. The Balaban J connectivity index is 1.35. The van der Waals surface area contributed by atoms with Crippen LogP contribution in [-0.2, 0) is 6.54 Å². The highest BCUT2D eigenvalue weighted by molar-refractivity contribution is 5.80. The molecule has 1 unspecified atom stereocenters. The van der Waals surface area contributed by atoms with Crippen molar-refractivity contribution in [3.63, 3.8) is 0 Å². The van der Waals surface area contributed by atoms with Crippen molar-refractivity contribution in [2.45, 2.75) is 38.6 Å². The molecule has 2 saturated heterocycles. The molecule has 0 aromatic heterocycles. The lowest BCUT2D eigenvalue weighted by Crippen LogP contribution is -2.40. The molecule has 0 aliphatic carbocycles. The van der Waals surface area contributed by atoms with E-state index in [2.05, 4.69) is 76.6 Å². The highest BCUT2D eigenvalue weighted by Crippen LogP contribution is 2.27. The highest BCUT2D eigenvalue weighted by Gasteiger charge is 2.26. The Bertz CT molecular complexity index is 828. The fourth-order valence-electron chi connectivity index (χ4n) is 4.73. The van der Waals surface area contributed by atoms with Crippen LogP contribution in [0.3, 0.4) is 0 Å². The number of benzene rings is 2. The molecule has 2 aromatic rings. The average molecular weight is 421 g/mol. The molecule has 0 spiro atoms. The van der Waals surface area contributed by atoms with Gasteiger partial charge in [0.2, 0.25) is 0 Å². The third-order valence-corrected chi connectivity index (χ3v) is 6.68. The standard InChI is InChI=1S/C26H36N4O/c1-2-27-26(30-17-14-24(19-30)23-6-4-3-5-7-23)28-18-21-8-10-25(11-9-21)29-15-12-22(20-31)13-16-29/h3-11,22,24,31H,2,12-20H2,1H3,(H,27,28). The van der Waals surface area contributed by atoms with Crippen LogP contribution in [0.5, 0.6) is 0 Å². The van der Waals surface area contributed by atoms with Gasteiger partial charge in [0, 0.05) is 50.9 Å². The lowest BCUT2D eigenvalue weighted by Gasteiger charge is -2.32. The second-order valence-electron chi connectivity index (χ2n) is 8.79. The molecular weight excluding hydrogens is 384 g/mol. The predicted molar refractivity (Wildman–Crippen MR) is 129 cm³/mol. The minimum atomic E-state index is 0.321. The molecule has 5 nitrogen and oxygen atoms in total. The molecule has 1 atom stereocenters. The van der Waals surface area contributed by atoms with Crippen molar-refractivity contribution in [3.8, 4) is 0 Å². The van der Waals surface area contributed by atoms with Crippen molar-refractivity contribution in [2.75, 3.05) is 44.2 Å². The van der Waals surface area contributed by atoms with Crippen LogP contribution in [0.1, 0.15) is 43.2 Å². The van der Waals surface area contributed by atoms with Gasteiger partial charge in [-0.1, -0.05) is 42.5 Å². The van der Waals surface area contributed by atoms with Crippen LogP contribution in [0.25, 0.3) is 0 Å². The van der Waals surface area contributed by atoms with E-state index in [0.29, 0.717) is 25.0 Å². The number of aliphatic hydroxyl groups excluding tert-OH is 1. The SMILES string of the molecule is CCNC(=NCc1ccc(N2CCC(CO)CC2)cc1)N1CCC(c2ccccc2)C1. The Morgan fingerprint density at radius 1 is 1.00 bits per heavy atom. The first-order chi connectivity index (χ1) is 15.3. The smallest absolute Gasteiger partial charge is 0.194 e. The molecule has 2 N–H and O–H groups in total. The van der Waals surface area contributed by atoms with Crippen molar-refractivity contribution in [2.24, 2.45) is 10.9 Å². The summed E-state index contributed by atoms with van der Waals surface area (Å²) in [7, 11) is 0. The molecule has 0 radical (unpaired) electrons. The molecule has 166 valence electrons. The first-order valence-corrected chi connectivity index (χ1v) is 11.8. The number of anilines is 1. The number of likely N-dealkylation sites (tertiary alicyclic amines) is 1. The summed E-state index contributed by atoms with van der Waals surface area (Å²) >= 11 is 0. The van der Waals surface area contributed by atoms with Gasteiger partial charge >= 0.3 is 0 Å². The zero-order valence-corrected chi connectivity index (χ0v) is 18.7. The molecule has 2 fully saturated rings. The number of aliphatic hydroxyl groups is 1. The summed E-state index contributed by atoms with van der Waals surface area (Å²) in [5, 5.41) is 12.8. The van der Waals surface area contributed by atoms with Gasteiger partial charge in [0.1, 0.15) is 0 Å². The molecule has 31 heavy (non-hydrogen) atoms. The molecule has 2 aromatic carbocycles. The predicted octanol–water partition coefficient (Wildman–Crippen LogP) is 3.85. The second kappa shape index (κ2) is 10.7. The Morgan fingerprint density at radius 3 is 2.42 bits per heavy atom. The van der Waals surface area contributed by atoms with E-state index >= 15 is 0 Å². The molecule has 0 bridgehead atoms. The molecule has 0 saturated carbocycles. The molecule has 2 heterocycles. The monoisotopic (exact) mass is 420 g/mol.